The van der Waals surface area contributed by atoms with Gasteiger partial charge in [-0.1, -0.05) is 42.1 Å². The molecule has 0 aliphatic carbocycles. The van der Waals surface area contributed by atoms with Crippen LogP contribution in [0.5, 0.6) is 0 Å². The van der Waals surface area contributed by atoms with Gasteiger partial charge in [0.15, 0.2) is 5.16 Å². The molecule has 6 amide bonds. The standard InChI is InChI=1S/C24H24N8O8S2/c1-30-19(36)17(34)28-29-24(30)42-10-12-9-41-20-14(18(35)32(20)15(12)21(37)38)26-16(33)13(11-5-3-2-4-6-11)27-23(40)31-8-7-25-22(31)39/h2-6,13-14,20H,7-10H2,1H3,(H,25,39)(H,26,33)(H,27,40)(H,28,34)(H,37,38)/t13?,14-,20-/m0/s1. The smallest absolute Gasteiger partial charge is 0.352 e. The fraction of sp³-hybridized carbons (Fsp3) is 0.333. The molecule has 5 rings (SSSR count). The van der Waals surface area contributed by atoms with Crippen LogP contribution < -0.4 is 27.1 Å². The van der Waals surface area contributed by atoms with E-state index < -0.39 is 58.4 Å². The fourth-order valence-electron chi connectivity index (χ4n) is 4.58. The Bertz CT molecular complexity index is 1620. The maximum absolute atomic E-state index is 13.4. The van der Waals surface area contributed by atoms with E-state index in [1.807, 2.05) is 0 Å². The van der Waals surface area contributed by atoms with E-state index in [1.54, 1.807) is 30.3 Å². The summed E-state index contributed by atoms with van der Waals surface area (Å²) in [5, 5.41) is 23.0. The van der Waals surface area contributed by atoms with Crippen LogP contribution in [0, 0.1) is 0 Å². The number of carbonyl (C=O) groups is 5. The fourth-order valence-corrected chi connectivity index (χ4v) is 6.99. The molecule has 1 unspecified atom stereocenters. The van der Waals surface area contributed by atoms with E-state index in [4.69, 9.17) is 0 Å². The van der Waals surface area contributed by atoms with Crippen LogP contribution in [0.25, 0.3) is 0 Å². The van der Waals surface area contributed by atoms with Gasteiger partial charge in [-0.15, -0.1) is 16.9 Å². The van der Waals surface area contributed by atoms with Crippen molar-refractivity contribution in [3.8, 4) is 0 Å². The van der Waals surface area contributed by atoms with Crippen LogP contribution in [0.2, 0.25) is 0 Å². The highest BCUT2D eigenvalue weighted by molar-refractivity contribution is 8.01. The first-order valence-electron chi connectivity index (χ1n) is 12.5. The number of thioether (sulfide) groups is 2. The van der Waals surface area contributed by atoms with E-state index in [-0.39, 0.29) is 35.4 Å². The number of aliphatic carboxylic acids is 1. The van der Waals surface area contributed by atoms with Crippen molar-refractivity contribution in [2.45, 2.75) is 22.6 Å². The Morgan fingerprint density at radius 1 is 1.19 bits per heavy atom. The van der Waals surface area contributed by atoms with Gasteiger partial charge in [-0.05, 0) is 11.1 Å². The lowest BCUT2D eigenvalue weighted by atomic mass is 10.0. The molecular weight excluding hydrogens is 592 g/mol. The number of aromatic nitrogens is 3. The summed E-state index contributed by atoms with van der Waals surface area (Å²) < 4.78 is 1.04. The van der Waals surface area contributed by atoms with Gasteiger partial charge in [-0.25, -0.2) is 24.4 Å². The summed E-state index contributed by atoms with van der Waals surface area (Å²) in [4.78, 5) is 88.9. The van der Waals surface area contributed by atoms with Crippen molar-refractivity contribution in [2.24, 2.45) is 7.05 Å². The second-order valence-corrected chi connectivity index (χ2v) is 11.4. The summed E-state index contributed by atoms with van der Waals surface area (Å²) in [6.45, 7) is 0.404. The third-order valence-corrected chi connectivity index (χ3v) is 9.18. The Kier molecular flexibility index (Phi) is 8.08. The predicted molar refractivity (Wildman–Crippen MR) is 148 cm³/mol. The van der Waals surface area contributed by atoms with Gasteiger partial charge in [-0.2, -0.15) is 0 Å². The van der Waals surface area contributed by atoms with E-state index in [0.717, 1.165) is 26.1 Å². The molecule has 0 radical (unpaired) electrons. The quantitative estimate of drug-likeness (QED) is 0.134. The average molecular weight is 617 g/mol. The van der Waals surface area contributed by atoms with Gasteiger partial charge in [0.2, 0.25) is 5.91 Å². The summed E-state index contributed by atoms with van der Waals surface area (Å²) in [5.41, 5.74) is -1.13. The zero-order valence-corrected chi connectivity index (χ0v) is 23.5. The molecule has 42 heavy (non-hydrogen) atoms. The summed E-state index contributed by atoms with van der Waals surface area (Å²) in [6.07, 6.45) is 0. The Morgan fingerprint density at radius 2 is 1.93 bits per heavy atom. The van der Waals surface area contributed by atoms with E-state index in [2.05, 4.69) is 26.1 Å². The van der Waals surface area contributed by atoms with Crippen molar-refractivity contribution in [2.75, 3.05) is 24.6 Å². The van der Waals surface area contributed by atoms with Gasteiger partial charge in [0.25, 0.3) is 5.91 Å². The number of carbonyl (C=O) groups excluding carboxylic acids is 4. The highest BCUT2D eigenvalue weighted by atomic mass is 32.2. The van der Waals surface area contributed by atoms with Crippen molar-refractivity contribution in [3.05, 3.63) is 67.9 Å². The summed E-state index contributed by atoms with van der Waals surface area (Å²) in [7, 11) is 1.36. The van der Waals surface area contributed by atoms with Gasteiger partial charge in [0, 0.05) is 31.6 Å². The van der Waals surface area contributed by atoms with Crippen molar-refractivity contribution in [3.63, 3.8) is 0 Å². The first-order chi connectivity index (χ1) is 20.1. The molecule has 3 aliphatic heterocycles. The number of hydrogen-bond donors (Lipinski definition) is 5. The number of nitrogens with zero attached hydrogens (tertiary/aromatic N) is 4. The molecule has 16 nitrogen and oxygen atoms in total. The van der Waals surface area contributed by atoms with Gasteiger partial charge in [0.1, 0.15) is 23.2 Å². The first-order valence-corrected chi connectivity index (χ1v) is 14.5. The number of carboxylic acid groups (broad SMARTS) is 1. The third kappa shape index (κ3) is 5.37. The number of urea groups is 2. The van der Waals surface area contributed by atoms with Gasteiger partial charge in [-0.3, -0.25) is 28.6 Å². The molecule has 3 aliphatic rings. The van der Waals surface area contributed by atoms with Gasteiger partial charge >= 0.3 is 29.2 Å². The number of carboxylic acids is 1. The van der Waals surface area contributed by atoms with E-state index >= 15 is 0 Å². The van der Waals surface area contributed by atoms with Crippen LogP contribution in [0.3, 0.4) is 0 Å². The number of fused-ring (bicyclic) bond motifs is 1. The number of nitrogens with one attached hydrogen (secondary N) is 4. The van der Waals surface area contributed by atoms with Crippen molar-refractivity contribution in [1.82, 2.24) is 40.5 Å². The number of benzene rings is 1. The topological polar surface area (TPSA) is 216 Å². The number of aromatic amines is 1. The molecule has 220 valence electrons. The van der Waals surface area contributed by atoms with Crippen molar-refractivity contribution < 1.29 is 29.1 Å². The van der Waals surface area contributed by atoms with E-state index in [9.17, 15) is 38.7 Å². The Hall–Kier alpha value is -4.58. The van der Waals surface area contributed by atoms with Crippen LogP contribution in [-0.2, 0) is 21.4 Å². The largest absolute Gasteiger partial charge is 0.477 e. The Morgan fingerprint density at radius 3 is 2.60 bits per heavy atom. The monoisotopic (exact) mass is 616 g/mol. The number of imide groups is 1. The molecule has 5 N–H and O–H groups in total. The van der Waals surface area contributed by atoms with Crippen LogP contribution in [-0.4, -0.2) is 95.5 Å². The molecule has 4 heterocycles. The minimum absolute atomic E-state index is 0.0701. The summed E-state index contributed by atoms with van der Waals surface area (Å²) >= 11 is 2.27. The van der Waals surface area contributed by atoms with Crippen molar-refractivity contribution in [1.29, 1.82) is 0 Å². The summed E-state index contributed by atoms with van der Waals surface area (Å²) in [6, 6.07) is 4.61. The van der Waals surface area contributed by atoms with E-state index in [1.165, 1.54) is 18.8 Å². The van der Waals surface area contributed by atoms with Crippen LogP contribution >= 0.6 is 23.5 Å². The first kappa shape index (κ1) is 28.9. The molecule has 18 heteroatoms. The molecule has 2 saturated heterocycles. The molecular formula is C24H24N8O8S2. The minimum Gasteiger partial charge on any atom is -0.477 e. The molecule has 2 fully saturated rings. The average Bonchev–Trinajstić information content (AvgIpc) is 3.42. The van der Waals surface area contributed by atoms with Crippen LogP contribution in [0.15, 0.2) is 56.3 Å². The number of β-lactam (4-membered cyclic amide) rings is 1. The second-order valence-electron chi connectivity index (χ2n) is 9.32. The second kappa shape index (κ2) is 11.7. The van der Waals surface area contributed by atoms with Crippen LogP contribution in [0.1, 0.15) is 11.6 Å². The molecule has 1 aromatic carbocycles. The van der Waals surface area contributed by atoms with Crippen molar-refractivity contribution >= 4 is 53.4 Å². The predicted octanol–water partition coefficient (Wildman–Crippen LogP) is -1.22. The lowest BCUT2D eigenvalue weighted by molar-refractivity contribution is -0.151. The van der Waals surface area contributed by atoms with Crippen LogP contribution in [0.4, 0.5) is 9.59 Å². The minimum atomic E-state index is -1.34. The zero-order valence-electron chi connectivity index (χ0n) is 21.9. The van der Waals surface area contributed by atoms with Gasteiger partial charge in [0.05, 0.1) is 0 Å². The Balaban J connectivity index is 1.31. The lowest BCUT2D eigenvalue weighted by Gasteiger charge is -2.49. The highest BCUT2D eigenvalue weighted by Gasteiger charge is 2.54. The number of rotatable bonds is 8. The SMILES string of the molecule is Cn1c(SCC2=C(C(=O)O)N3C(=O)[C@H](NC(=O)C(NC(=O)N4CCNC4=O)c4ccccc4)[C@@H]3SC2)n[nH]c(=O)c1=O. The summed E-state index contributed by atoms with van der Waals surface area (Å²) in [5.74, 6) is -2.42. The highest BCUT2D eigenvalue weighted by Crippen LogP contribution is 2.41. The zero-order chi connectivity index (χ0) is 30.1. The molecule has 0 spiro atoms. The number of H-pyrrole nitrogens is 1. The molecule has 1 aromatic heterocycles. The Labute approximate surface area is 244 Å². The lowest BCUT2D eigenvalue weighted by Crippen LogP contribution is -2.71. The molecule has 2 aromatic rings. The number of hydrogen-bond acceptors (Lipinski definition) is 10. The maximum atomic E-state index is 13.4. The molecule has 0 bridgehead atoms. The van der Waals surface area contributed by atoms with Gasteiger partial charge < -0.3 is 21.1 Å². The maximum Gasteiger partial charge on any atom is 0.352 e. The molecule has 3 atom stereocenters. The number of amides is 6. The van der Waals surface area contributed by atoms with E-state index in [0.29, 0.717) is 11.1 Å². The third-order valence-electron chi connectivity index (χ3n) is 6.73. The normalized spacial score (nSPS) is 20.4. The molecule has 0 saturated carbocycles.